The van der Waals surface area contributed by atoms with E-state index in [9.17, 15) is 9.59 Å². The maximum atomic E-state index is 12.2. The molecule has 0 aromatic carbocycles. The fourth-order valence-electron chi connectivity index (χ4n) is 2.71. The summed E-state index contributed by atoms with van der Waals surface area (Å²) in [5, 5.41) is 5.73. The van der Waals surface area contributed by atoms with Gasteiger partial charge in [-0.3, -0.25) is 19.8 Å². The van der Waals surface area contributed by atoms with Gasteiger partial charge in [-0.15, -0.1) is 0 Å². The summed E-state index contributed by atoms with van der Waals surface area (Å²) in [5.41, 5.74) is 0. The summed E-state index contributed by atoms with van der Waals surface area (Å²) in [6.07, 6.45) is 2.65. The molecule has 2 N–H and O–H groups in total. The Hall–Kier alpha value is -1.14. The van der Waals surface area contributed by atoms with Crippen LogP contribution in [0.4, 0.5) is 0 Å². The minimum atomic E-state index is -0.241. The Kier molecular flexibility index (Phi) is 3.22. The van der Waals surface area contributed by atoms with Crippen molar-refractivity contribution in [3.8, 4) is 0 Å². The molecular weight excluding hydrogens is 232 g/mol. The van der Waals surface area contributed by atoms with Crippen molar-refractivity contribution in [2.75, 3.05) is 39.3 Å². The van der Waals surface area contributed by atoms with Crippen LogP contribution in [-0.4, -0.2) is 73.0 Å². The Labute approximate surface area is 107 Å². The topological polar surface area (TPSA) is 64.7 Å². The van der Waals surface area contributed by atoms with Crippen LogP contribution in [0.1, 0.15) is 12.8 Å². The second-order valence-electron chi connectivity index (χ2n) is 5.33. The number of carbonyl (C=O) groups excluding carboxylic acids is 2. The molecule has 0 aromatic rings. The fraction of sp³-hybridized carbons (Fsp3) is 0.833. The lowest BCUT2D eigenvalue weighted by atomic mass is 10.2. The van der Waals surface area contributed by atoms with E-state index in [0.717, 1.165) is 32.2 Å². The lowest BCUT2D eigenvalue weighted by Gasteiger charge is -2.37. The summed E-state index contributed by atoms with van der Waals surface area (Å²) in [4.78, 5) is 27.7. The third-order valence-corrected chi connectivity index (χ3v) is 4.00. The molecule has 2 saturated heterocycles. The van der Waals surface area contributed by atoms with Crippen LogP contribution in [0.2, 0.25) is 0 Å². The zero-order valence-corrected chi connectivity index (χ0v) is 10.5. The third-order valence-electron chi connectivity index (χ3n) is 4.00. The lowest BCUT2D eigenvalue weighted by Crippen LogP contribution is -2.61. The maximum Gasteiger partial charge on any atom is 0.241 e. The minimum Gasteiger partial charge on any atom is -0.353 e. The molecule has 6 nitrogen and oxygen atoms in total. The Balaban J connectivity index is 1.49. The number of nitrogens with zero attached hydrogens (tertiary/aromatic N) is 2. The maximum absolute atomic E-state index is 12.2. The standard InChI is InChI=1S/C12H20N4O2/c17-11-8-13-10(7-14-11)12(18)16-5-3-15(4-6-16)9-1-2-9/h9-10,13H,1-8H2,(H,14,17). The van der Waals surface area contributed by atoms with E-state index >= 15 is 0 Å². The van der Waals surface area contributed by atoms with Crippen LogP contribution in [0.15, 0.2) is 0 Å². The molecule has 18 heavy (non-hydrogen) atoms. The minimum absolute atomic E-state index is 0.0300. The van der Waals surface area contributed by atoms with Crippen LogP contribution >= 0.6 is 0 Å². The van der Waals surface area contributed by atoms with E-state index in [2.05, 4.69) is 15.5 Å². The molecule has 2 heterocycles. The summed E-state index contributed by atoms with van der Waals surface area (Å²) < 4.78 is 0. The van der Waals surface area contributed by atoms with Crippen molar-refractivity contribution in [3.05, 3.63) is 0 Å². The van der Waals surface area contributed by atoms with Gasteiger partial charge in [0.15, 0.2) is 0 Å². The Morgan fingerprint density at radius 1 is 1.17 bits per heavy atom. The summed E-state index contributed by atoms with van der Waals surface area (Å²) in [7, 11) is 0. The third kappa shape index (κ3) is 2.49. The SMILES string of the molecule is O=C1CNC(C(=O)N2CCN(C3CC3)CC2)CN1. The van der Waals surface area contributed by atoms with Gasteiger partial charge in [-0.25, -0.2) is 0 Å². The van der Waals surface area contributed by atoms with Crippen molar-refractivity contribution in [1.29, 1.82) is 0 Å². The van der Waals surface area contributed by atoms with Crippen LogP contribution in [0.3, 0.4) is 0 Å². The number of amides is 2. The number of carbonyl (C=O) groups is 2. The first kappa shape index (κ1) is 11.9. The quantitative estimate of drug-likeness (QED) is 0.620. The van der Waals surface area contributed by atoms with Gasteiger partial charge >= 0.3 is 0 Å². The predicted molar refractivity (Wildman–Crippen MR) is 66.0 cm³/mol. The monoisotopic (exact) mass is 252 g/mol. The van der Waals surface area contributed by atoms with Crippen molar-refractivity contribution in [2.24, 2.45) is 0 Å². The molecule has 1 aliphatic carbocycles. The Bertz CT molecular complexity index is 338. The van der Waals surface area contributed by atoms with E-state index in [1.54, 1.807) is 0 Å². The number of hydrogen-bond donors (Lipinski definition) is 2. The highest BCUT2D eigenvalue weighted by molar-refractivity contribution is 5.86. The van der Waals surface area contributed by atoms with Crippen LogP contribution in [-0.2, 0) is 9.59 Å². The number of rotatable bonds is 2. The van der Waals surface area contributed by atoms with Gasteiger partial charge in [0.05, 0.1) is 6.54 Å². The molecule has 0 spiro atoms. The highest BCUT2D eigenvalue weighted by Gasteiger charge is 2.34. The number of piperazine rings is 2. The van der Waals surface area contributed by atoms with Crippen molar-refractivity contribution >= 4 is 11.8 Å². The average Bonchev–Trinajstić information content (AvgIpc) is 3.23. The van der Waals surface area contributed by atoms with Crippen molar-refractivity contribution < 1.29 is 9.59 Å². The van der Waals surface area contributed by atoms with Gasteiger partial charge in [-0.2, -0.15) is 0 Å². The van der Waals surface area contributed by atoms with Crippen molar-refractivity contribution in [1.82, 2.24) is 20.4 Å². The molecular formula is C12H20N4O2. The predicted octanol–water partition coefficient (Wildman–Crippen LogP) is -1.62. The Morgan fingerprint density at radius 2 is 1.89 bits per heavy atom. The van der Waals surface area contributed by atoms with E-state index < -0.39 is 0 Å². The van der Waals surface area contributed by atoms with Crippen LogP contribution in [0.25, 0.3) is 0 Å². The summed E-state index contributed by atoms with van der Waals surface area (Å²) in [6.45, 7) is 4.30. The molecule has 3 aliphatic rings. The highest BCUT2D eigenvalue weighted by Crippen LogP contribution is 2.27. The average molecular weight is 252 g/mol. The molecule has 3 rings (SSSR count). The number of hydrogen-bond acceptors (Lipinski definition) is 4. The van der Waals surface area contributed by atoms with Gasteiger partial charge in [0, 0.05) is 38.8 Å². The largest absolute Gasteiger partial charge is 0.353 e. The zero-order valence-electron chi connectivity index (χ0n) is 10.5. The van der Waals surface area contributed by atoms with Gasteiger partial charge in [0.1, 0.15) is 6.04 Å². The first-order valence-corrected chi connectivity index (χ1v) is 6.77. The molecule has 2 aliphatic heterocycles. The normalized spacial score (nSPS) is 30.1. The molecule has 6 heteroatoms. The van der Waals surface area contributed by atoms with Gasteiger partial charge < -0.3 is 10.2 Å². The van der Waals surface area contributed by atoms with Crippen LogP contribution in [0, 0.1) is 0 Å². The molecule has 0 radical (unpaired) electrons. The van der Waals surface area contributed by atoms with Gasteiger partial charge in [-0.1, -0.05) is 0 Å². The zero-order chi connectivity index (χ0) is 12.5. The van der Waals surface area contributed by atoms with Crippen molar-refractivity contribution in [2.45, 2.75) is 24.9 Å². The van der Waals surface area contributed by atoms with Gasteiger partial charge in [0.2, 0.25) is 11.8 Å². The first-order chi connectivity index (χ1) is 8.74. The second kappa shape index (κ2) is 4.85. The van der Waals surface area contributed by atoms with E-state index in [1.165, 1.54) is 12.8 Å². The van der Waals surface area contributed by atoms with Gasteiger partial charge in [0.25, 0.3) is 0 Å². The molecule has 0 aromatic heterocycles. The summed E-state index contributed by atoms with van der Waals surface area (Å²) >= 11 is 0. The fourth-order valence-corrected chi connectivity index (χ4v) is 2.71. The number of nitrogens with one attached hydrogen (secondary N) is 2. The van der Waals surface area contributed by atoms with E-state index in [0.29, 0.717) is 6.54 Å². The molecule has 1 saturated carbocycles. The molecule has 100 valence electrons. The van der Waals surface area contributed by atoms with Crippen molar-refractivity contribution in [3.63, 3.8) is 0 Å². The molecule has 1 atom stereocenters. The summed E-state index contributed by atoms with van der Waals surface area (Å²) in [5.74, 6) is 0.100. The molecule has 2 amide bonds. The molecule has 1 unspecified atom stereocenters. The van der Waals surface area contributed by atoms with E-state index in [-0.39, 0.29) is 24.4 Å². The highest BCUT2D eigenvalue weighted by atomic mass is 16.2. The van der Waals surface area contributed by atoms with E-state index in [1.807, 2.05) is 4.90 Å². The van der Waals surface area contributed by atoms with Crippen LogP contribution in [0.5, 0.6) is 0 Å². The molecule has 3 fully saturated rings. The van der Waals surface area contributed by atoms with Crippen LogP contribution < -0.4 is 10.6 Å². The van der Waals surface area contributed by atoms with Gasteiger partial charge in [-0.05, 0) is 12.8 Å². The smallest absolute Gasteiger partial charge is 0.241 e. The second-order valence-corrected chi connectivity index (χ2v) is 5.33. The van der Waals surface area contributed by atoms with E-state index in [4.69, 9.17) is 0 Å². The lowest BCUT2D eigenvalue weighted by molar-refractivity contribution is -0.136. The Morgan fingerprint density at radius 3 is 2.44 bits per heavy atom. The molecule has 0 bridgehead atoms. The summed E-state index contributed by atoms with van der Waals surface area (Å²) in [6, 6.07) is 0.546. The first-order valence-electron chi connectivity index (χ1n) is 6.77.